The van der Waals surface area contributed by atoms with E-state index in [0.717, 1.165) is 18.7 Å². The average Bonchev–Trinajstić information content (AvgIpc) is 3.54. The molecular weight excluding hydrogens is 442 g/mol. The van der Waals surface area contributed by atoms with E-state index < -0.39 is 23.1 Å². The molecule has 3 aromatic rings. The normalized spacial score (nSPS) is 22.1. The number of hydrogen-bond acceptors (Lipinski definition) is 5. The summed E-state index contributed by atoms with van der Waals surface area (Å²) in [6.07, 6.45) is 1.44. The van der Waals surface area contributed by atoms with E-state index >= 15 is 0 Å². The number of pyridine rings is 1. The molecule has 1 aromatic carbocycles. The quantitative estimate of drug-likeness (QED) is 0.539. The molecule has 0 spiro atoms. The van der Waals surface area contributed by atoms with E-state index in [2.05, 4.69) is 15.2 Å². The summed E-state index contributed by atoms with van der Waals surface area (Å²) in [5.41, 5.74) is -1.02. The molecule has 1 aliphatic heterocycles. The van der Waals surface area contributed by atoms with Crippen LogP contribution in [0.3, 0.4) is 0 Å². The summed E-state index contributed by atoms with van der Waals surface area (Å²) in [5, 5.41) is 8.10. The Balaban J connectivity index is 1.39. The number of likely N-dealkylation sites (tertiary alicyclic amines) is 1. The summed E-state index contributed by atoms with van der Waals surface area (Å²) in [7, 11) is 0. The van der Waals surface area contributed by atoms with Crippen molar-refractivity contribution in [2.75, 3.05) is 13.2 Å². The van der Waals surface area contributed by atoms with Gasteiger partial charge in [-0.3, -0.25) is 4.79 Å². The second kappa shape index (κ2) is 7.82. The predicted molar refractivity (Wildman–Crippen MR) is 107 cm³/mol. The lowest BCUT2D eigenvalue weighted by molar-refractivity contribution is -0.137. The van der Waals surface area contributed by atoms with Crippen molar-refractivity contribution in [1.82, 2.24) is 24.9 Å². The Bertz CT molecular complexity index is 1170. The van der Waals surface area contributed by atoms with Crippen molar-refractivity contribution in [3.8, 4) is 11.6 Å². The number of carbonyl (C=O) groups is 1. The first kappa shape index (κ1) is 21.4. The summed E-state index contributed by atoms with van der Waals surface area (Å²) in [4.78, 5) is 20.3. The summed E-state index contributed by atoms with van der Waals surface area (Å²) in [5.74, 6) is -0.601. The van der Waals surface area contributed by atoms with Crippen molar-refractivity contribution < 1.29 is 27.1 Å². The van der Waals surface area contributed by atoms with E-state index in [-0.39, 0.29) is 29.9 Å². The zero-order valence-electron chi connectivity index (χ0n) is 17.3. The molecule has 172 valence electrons. The van der Waals surface area contributed by atoms with Gasteiger partial charge in [-0.15, -0.1) is 0 Å². The molecule has 11 heteroatoms. The maximum Gasteiger partial charge on any atom is 0.417 e. The van der Waals surface area contributed by atoms with Gasteiger partial charge in [0.15, 0.2) is 0 Å². The molecule has 5 rings (SSSR count). The summed E-state index contributed by atoms with van der Waals surface area (Å²) in [6.45, 7) is 0.573. The highest BCUT2D eigenvalue weighted by Gasteiger charge is 2.53. The summed E-state index contributed by atoms with van der Waals surface area (Å²) < 4.78 is 58.1. The van der Waals surface area contributed by atoms with Gasteiger partial charge in [0.2, 0.25) is 5.88 Å². The van der Waals surface area contributed by atoms with Crippen molar-refractivity contribution in [1.29, 1.82) is 0 Å². The Morgan fingerprint density at radius 2 is 1.97 bits per heavy atom. The molecule has 2 unspecified atom stereocenters. The third kappa shape index (κ3) is 3.91. The number of halogens is 4. The van der Waals surface area contributed by atoms with Crippen LogP contribution in [-0.4, -0.2) is 49.5 Å². The van der Waals surface area contributed by atoms with Crippen LogP contribution in [0.1, 0.15) is 35.2 Å². The number of piperidine rings is 1. The van der Waals surface area contributed by atoms with E-state index in [1.54, 1.807) is 4.90 Å². The van der Waals surface area contributed by atoms with Crippen LogP contribution in [0.2, 0.25) is 0 Å². The van der Waals surface area contributed by atoms with Crippen LogP contribution in [0.25, 0.3) is 5.69 Å². The first-order chi connectivity index (χ1) is 15.7. The lowest BCUT2D eigenvalue weighted by Crippen LogP contribution is -2.52. The van der Waals surface area contributed by atoms with Gasteiger partial charge in [0.05, 0.1) is 34.7 Å². The summed E-state index contributed by atoms with van der Waals surface area (Å²) >= 11 is 0. The minimum Gasteiger partial charge on any atom is -0.475 e. The molecule has 2 aliphatic rings. The Labute approximate surface area is 186 Å². The van der Waals surface area contributed by atoms with Gasteiger partial charge >= 0.3 is 6.18 Å². The third-order valence-electron chi connectivity index (χ3n) is 6.32. The molecule has 2 fully saturated rings. The SMILES string of the molecule is O=C(c1cc(F)ccc1-n1nccn1)N1CC2CCC1(COc1ccc(C(F)(F)F)cn1)C2. The molecule has 7 nitrogen and oxygen atoms in total. The van der Waals surface area contributed by atoms with E-state index in [1.165, 1.54) is 41.5 Å². The number of hydrogen-bond donors (Lipinski definition) is 0. The van der Waals surface area contributed by atoms with E-state index in [9.17, 15) is 22.4 Å². The van der Waals surface area contributed by atoms with Gasteiger partial charge < -0.3 is 9.64 Å². The number of fused-ring (bicyclic) bond motifs is 2. The maximum atomic E-state index is 14.1. The molecule has 1 saturated carbocycles. The molecule has 33 heavy (non-hydrogen) atoms. The lowest BCUT2D eigenvalue weighted by atomic mass is 9.96. The second-order valence-electron chi connectivity index (χ2n) is 8.40. The highest BCUT2D eigenvalue weighted by Crippen LogP contribution is 2.47. The monoisotopic (exact) mass is 461 g/mol. The van der Waals surface area contributed by atoms with E-state index in [4.69, 9.17) is 4.74 Å². The molecule has 3 heterocycles. The fraction of sp³-hybridized carbons (Fsp3) is 0.364. The maximum absolute atomic E-state index is 14.1. The lowest BCUT2D eigenvalue weighted by Gasteiger charge is -2.38. The molecule has 2 bridgehead atoms. The molecule has 1 aliphatic carbocycles. The third-order valence-corrected chi connectivity index (χ3v) is 6.32. The first-order valence-electron chi connectivity index (χ1n) is 10.4. The molecule has 1 amide bonds. The van der Waals surface area contributed by atoms with Crippen molar-refractivity contribution in [3.63, 3.8) is 0 Å². The number of aromatic nitrogens is 4. The molecule has 0 N–H and O–H groups in total. The molecular formula is C22H19F4N5O2. The van der Waals surface area contributed by atoms with Crippen LogP contribution in [0.15, 0.2) is 48.9 Å². The molecule has 1 saturated heterocycles. The zero-order valence-corrected chi connectivity index (χ0v) is 17.3. The molecule has 2 atom stereocenters. The topological polar surface area (TPSA) is 73.1 Å². The van der Waals surface area contributed by atoms with Crippen LogP contribution < -0.4 is 4.74 Å². The Morgan fingerprint density at radius 1 is 1.18 bits per heavy atom. The van der Waals surface area contributed by atoms with Gasteiger partial charge in [-0.2, -0.15) is 28.2 Å². The summed E-state index contributed by atoms with van der Waals surface area (Å²) in [6, 6.07) is 5.93. The van der Waals surface area contributed by atoms with E-state index in [1.807, 2.05) is 0 Å². The van der Waals surface area contributed by atoms with Crippen LogP contribution >= 0.6 is 0 Å². The fourth-order valence-corrected chi connectivity index (χ4v) is 4.76. The Hall–Kier alpha value is -3.50. The first-order valence-corrected chi connectivity index (χ1v) is 10.4. The number of amides is 1. The van der Waals surface area contributed by atoms with Crippen LogP contribution in [0, 0.1) is 11.7 Å². The smallest absolute Gasteiger partial charge is 0.417 e. The number of rotatable bonds is 5. The Morgan fingerprint density at radius 3 is 2.64 bits per heavy atom. The van der Waals surface area contributed by atoms with Gasteiger partial charge in [-0.05, 0) is 49.4 Å². The highest BCUT2D eigenvalue weighted by atomic mass is 19.4. The molecule has 0 radical (unpaired) electrons. The standard InChI is InChI=1S/C22H19F4N5O2/c23-16-2-3-18(31-28-7-8-29-31)17(9-16)20(32)30-12-14-5-6-21(30,10-14)13-33-19-4-1-15(11-27-19)22(24,25)26/h1-4,7-9,11,14H,5-6,10,12-13H2. The van der Waals surface area contributed by atoms with Gasteiger partial charge in [0.25, 0.3) is 5.91 Å². The zero-order chi connectivity index (χ0) is 23.2. The van der Waals surface area contributed by atoms with Gasteiger partial charge in [-0.25, -0.2) is 9.37 Å². The van der Waals surface area contributed by atoms with Gasteiger partial charge in [0, 0.05) is 18.8 Å². The minimum absolute atomic E-state index is 0.0484. The largest absolute Gasteiger partial charge is 0.475 e. The van der Waals surface area contributed by atoms with Gasteiger partial charge in [0.1, 0.15) is 12.4 Å². The van der Waals surface area contributed by atoms with Crippen molar-refractivity contribution in [2.24, 2.45) is 5.92 Å². The highest BCUT2D eigenvalue weighted by molar-refractivity contribution is 5.98. The second-order valence-corrected chi connectivity index (χ2v) is 8.40. The van der Waals surface area contributed by atoms with Crippen molar-refractivity contribution in [3.05, 3.63) is 65.9 Å². The minimum atomic E-state index is -4.48. The molecule has 2 aromatic heterocycles. The van der Waals surface area contributed by atoms with Crippen LogP contribution in [-0.2, 0) is 6.18 Å². The van der Waals surface area contributed by atoms with Gasteiger partial charge in [-0.1, -0.05) is 0 Å². The number of ether oxygens (including phenoxy) is 1. The van der Waals surface area contributed by atoms with E-state index in [0.29, 0.717) is 25.1 Å². The van der Waals surface area contributed by atoms with Crippen molar-refractivity contribution >= 4 is 5.91 Å². The average molecular weight is 461 g/mol. The Kier molecular flexibility index (Phi) is 5.06. The van der Waals surface area contributed by atoms with Crippen LogP contribution in [0.4, 0.5) is 17.6 Å². The predicted octanol–water partition coefficient (Wildman–Crippen LogP) is 3.89. The van der Waals surface area contributed by atoms with Crippen molar-refractivity contribution in [2.45, 2.75) is 31.0 Å². The van der Waals surface area contributed by atoms with Crippen LogP contribution in [0.5, 0.6) is 5.88 Å². The number of nitrogens with zero attached hydrogens (tertiary/aromatic N) is 5. The number of benzene rings is 1. The fourth-order valence-electron chi connectivity index (χ4n) is 4.76. The number of carbonyl (C=O) groups excluding carboxylic acids is 1. The number of alkyl halides is 3.